The average Bonchev–Trinajstić information content (AvgIpc) is 2.34. The molecular weight excluding hydrogens is 250 g/mol. The maximum atomic E-state index is 11.8. The van der Waals surface area contributed by atoms with Crippen molar-refractivity contribution in [3.05, 3.63) is 28.2 Å². The van der Waals surface area contributed by atoms with Gasteiger partial charge in [0.15, 0.2) is 0 Å². The van der Waals surface area contributed by atoms with Crippen LogP contribution in [0.2, 0.25) is 0 Å². The van der Waals surface area contributed by atoms with E-state index in [4.69, 9.17) is 4.74 Å². The van der Waals surface area contributed by atoms with Gasteiger partial charge in [-0.15, -0.1) is 0 Å². The van der Waals surface area contributed by atoms with Crippen molar-refractivity contribution in [2.75, 3.05) is 20.3 Å². The zero-order valence-corrected chi connectivity index (χ0v) is 11.3. The van der Waals surface area contributed by atoms with Gasteiger partial charge in [0, 0.05) is 19.7 Å². The molecule has 0 spiro atoms. The summed E-state index contributed by atoms with van der Waals surface area (Å²) in [6.07, 6.45) is 0. The SMILES string of the molecule is COCCn1nc(C(=O)NCC(C)(C)O)ccc1=O. The lowest BCUT2D eigenvalue weighted by Gasteiger charge is -2.17. The molecule has 0 radical (unpaired) electrons. The van der Waals surface area contributed by atoms with Gasteiger partial charge in [0.2, 0.25) is 0 Å². The second kappa shape index (κ2) is 6.44. The highest BCUT2D eigenvalue weighted by Gasteiger charge is 2.16. The van der Waals surface area contributed by atoms with Gasteiger partial charge in [-0.05, 0) is 19.9 Å². The summed E-state index contributed by atoms with van der Waals surface area (Å²) in [5.41, 5.74) is -1.17. The lowest BCUT2D eigenvalue weighted by atomic mass is 10.1. The number of amides is 1. The van der Waals surface area contributed by atoms with E-state index in [1.54, 1.807) is 13.8 Å². The molecule has 0 atom stereocenters. The van der Waals surface area contributed by atoms with Gasteiger partial charge in [-0.25, -0.2) is 4.68 Å². The molecule has 0 fully saturated rings. The van der Waals surface area contributed by atoms with Crippen LogP contribution in [0, 0.1) is 0 Å². The van der Waals surface area contributed by atoms with Crippen molar-refractivity contribution in [1.82, 2.24) is 15.1 Å². The van der Waals surface area contributed by atoms with Gasteiger partial charge in [-0.1, -0.05) is 0 Å². The van der Waals surface area contributed by atoms with Crippen LogP contribution >= 0.6 is 0 Å². The van der Waals surface area contributed by atoms with Crippen LogP contribution < -0.4 is 10.9 Å². The van der Waals surface area contributed by atoms with Crippen molar-refractivity contribution in [3.8, 4) is 0 Å². The second-order valence-corrected chi connectivity index (χ2v) is 4.77. The molecule has 7 heteroatoms. The molecule has 0 bridgehead atoms. The van der Waals surface area contributed by atoms with Crippen molar-refractivity contribution in [2.45, 2.75) is 26.0 Å². The summed E-state index contributed by atoms with van der Waals surface area (Å²) < 4.78 is 6.03. The summed E-state index contributed by atoms with van der Waals surface area (Å²) >= 11 is 0. The predicted molar refractivity (Wildman–Crippen MR) is 69.0 cm³/mol. The Kier molecular flexibility index (Phi) is 5.20. The minimum Gasteiger partial charge on any atom is -0.389 e. The van der Waals surface area contributed by atoms with Gasteiger partial charge >= 0.3 is 0 Å². The van der Waals surface area contributed by atoms with Gasteiger partial charge in [-0.3, -0.25) is 9.59 Å². The largest absolute Gasteiger partial charge is 0.389 e. The Labute approximate surface area is 111 Å². The molecule has 1 amide bonds. The number of rotatable bonds is 6. The van der Waals surface area contributed by atoms with Crippen LogP contribution in [0.15, 0.2) is 16.9 Å². The molecule has 0 saturated heterocycles. The van der Waals surface area contributed by atoms with Crippen LogP contribution in [-0.4, -0.2) is 46.7 Å². The maximum Gasteiger partial charge on any atom is 0.271 e. The zero-order chi connectivity index (χ0) is 14.5. The van der Waals surface area contributed by atoms with Gasteiger partial charge < -0.3 is 15.2 Å². The van der Waals surface area contributed by atoms with Crippen LogP contribution in [0.4, 0.5) is 0 Å². The fraction of sp³-hybridized carbons (Fsp3) is 0.583. The molecule has 0 aliphatic heterocycles. The Morgan fingerprint density at radius 1 is 1.53 bits per heavy atom. The van der Waals surface area contributed by atoms with E-state index >= 15 is 0 Å². The third kappa shape index (κ3) is 5.19. The third-order valence-electron chi connectivity index (χ3n) is 2.29. The molecule has 0 aromatic carbocycles. The number of hydrogen-bond donors (Lipinski definition) is 2. The van der Waals surface area contributed by atoms with Gasteiger partial charge in [0.05, 0.1) is 18.8 Å². The smallest absolute Gasteiger partial charge is 0.271 e. The van der Waals surface area contributed by atoms with Crippen LogP contribution in [0.3, 0.4) is 0 Å². The molecule has 106 valence electrons. The minimum absolute atomic E-state index is 0.102. The van der Waals surface area contributed by atoms with Crippen molar-refractivity contribution in [2.24, 2.45) is 0 Å². The molecule has 1 heterocycles. The summed E-state index contributed by atoms with van der Waals surface area (Å²) in [5, 5.41) is 16.0. The van der Waals surface area contributed by atoms with Gasteiger partial charge in [0.1, 0.15) is 5.69 Å². The Hall–Kier alpha value is -1.73. The fourth-order valence-electron chi connectivity index (χ4n) is 1.30. The first-order valence-corrected chi connectivity index (χ1v) is 5.91. The van der Waals surface area contributed by atoms with E-state index in [2.05, 4.69) is 10.4 Å². The molecule has 0 unspecified atom stereocenters. The van der Waals surface area contributed by atoms with E-state index in [9.17, 15) is 14.7 Å². The highest BCUT2D eigenvalue weighted by atomic mass is 16.5. The van der Waals surface area contributed by atoms with E-state index in [1.807, 2.05) is 0 Å². The Balaban J connectivity index is 2.78. The fourth-order valence-corrected chi connectivity index (χ4v) is 1.30. The molecule has 1 aromatic rings. The van der Waals surface area contributed by atoms with E-state index < -0.39 is 11.5 Å². The quantitative estimate of drug-likeness (QED) is 0.718. The standard InChI is InChI=1S/C12H19N3O4/c1-12(2,18)8-13-11(17)9-4-5-10(16)15(14-9)6-7-19-3/h4-5,18H,6-8H2,1-3H3,(H,13,17). The van der Waals surface area contributed by atoms with E-state index in [-0.39, 0.29) is 24.3 Å². The third-order valence-corrected chi connectivity index (χ3v) is 2.29. The number of ether oxygens (including phenoxy) is 1. The second-order valence-electron chi connectivity index (χ2n) is 4.77. The average molecular weight is 269 g/mol. The van der Waals surface area contributed by atoms with Crippen molar-refractivity contribution < 1.29 is 14.6 Å². The van der Waals surface area contributed by atoms with Crippen molar-refractivity contribution in [3.63, 3.8) is 0 Å². The van der Waals surface area contributed by atoms with Crippen molar-refractivity contribution in [1.29, 1.82) is 0 Å². The minimum atomic E-state index is -1.000. The van der Waals surface area contributed by atoms with E-state index in [0.29, 0.717) is 6.61 Å². The van der Waals surface area contributed by atoms with E-state index in [0.717, 1.165) is 0 Å². The molecular formula is C12H19N3O4. The summed E-state index contributed by atoms with van der Waals surface area (Å²) in [4.78, 5) is 23.3. The maximum absolute atomic E-state index is 11.8. The number of methoxy groups -OCH3 is 1. The Bertz CT molecular complexity index is 490. The van der Waals surface area contributed by atoms with Gasteiger partial charge in [0.25, 0.3) is 11.5 Å². The summed E-state index contributed by atoms with van der Waals surface area (Å²) in [6, 6.07) is 2.63. The molecule has 1 aromatic heterocycles. The summed E-state index contributed by atoms with van der Waals surface area (Å²) in [7, 11) is 1.52. The zero-order valence-electron chi connectivity index (χ0n) is 11.3. The molecule has 0 aliphatic rings. The lowest BCUT2D eigenvalue weighted by Crippen LogP contribution is -2.39. The topological polar surface area (TPSA) is 93.5 Å². The molecule has 7 nitrogen and oxygen atoms in total. The Morgan fingerprint density at radius 2 is 2.21 bits per heavy atom. The monoisotopic (exact) mass is 269 g/mol. The molecule has 2 N–H and O–H groups in total. The number of carbonyl (C=O) groups excluding carboxylic acids is 1. The first kappa shape index (κ1) is 15.3. The van der Waals surface area contributed by atoms with Crippen molar-refractivity contribution >= 4 is 5.91 Å². The molecule has 0 saturated carbocycles. The van der Waals surface area contributed by atoms with Crippen LogP contribution in [0.25, 0.3) is 0 Å². The number of nitrogens with one attached hydrogen (secondary N) is 1. The van der Waals surface area contributed by atoms with Crippen LogP contribution in [-0.2, 0) is 11.3 Å². The van der Waals surface area contributed by atoms with E-state index in [1.165, 1.54) is 23.9 Å². The molecule has 1 rings (SSSR count). The normalized spacial score (nSPS) is 11.4. The first-order chi connectivity index (χ1) is 8.83. The predicted octanol–water partition coefficient (Wildman–Crippen LogP) is -0.610. The highest BCUT2D eigenvalue weighted by molar-refractivity contribution is 5.92. The number of aliphatic hydroxyl groups is 1. The number of hydrogen-bond acceptors (Lipinski definition) is 5. The molecule has 0 aliphatic carbocycles. The van der Waals surface area contributed by atoms with Gasteiger partial charge in [-0.2, -0.15) is 5.10 Å². The highest BCUT2D eigenvalue weighted by Crippen LogP contribution is 1.98. The lowest BCUT2D eigenvalue weighted by molar-refractivity contribution is 0.0690. The van der Waals surface area contributed by atoms with Crippen LogP contribution in [0.5, 0.6) is 0 Å². The van der Waals surface area contributed by atoms with Crippen LogP contribution in [0.1, 0.15) is 24.3 Å². The summed E-state index contributed by atoms with van der Waals surface area (Å²) in [6.45, 7) is 3.88. The summed E-state index contributed by atoms with van der Waals surface area (Å²) in [5.74, 6) is -0.437. The number of carbonyl (C=O) groups is 1. The number of aromatic nitrogens is 2. The Morgan fingerprint density at radius 3 is 2.79 bits per heavy atom. The molecule has 19 heavy (non-hydrogen) atoms. The number of nitrogens with zero attached hydrogens (tertiary/aromatic N) is 2. The first-order valence-electron chi connectivity index (χ1n) is 5.91.